The Balaban J connectivity index is 1.98. The average molecular weight is 395 g/mol. The first-order chi connectivity index (χ1) is 14.6. The second-order valence-corrected chi connectivity index (χ2v) is 8.19. The number of para-hydroxylation sites is 4. The van der Waals surface area contributed by atoms with Crippen LogP contribution >= 0.6 is 0 Å². The van der Waals surface area contributed by atoms with Crippen molar-refractivity contribution in [3.05, 3.63) is 66.2 Å². The minimum Gasteiger partial charge on any atom is -0.491 e. The van der Waals surface area contributed by atoms with E-state index in [4.69, 9.17) is 9.72 Å². The van der Waals surface area contributed by atoms with Crippen molar-refractivity contribution in [2.24, 2.45) is 7.05 Å². The summed E-state index contributed by atoms with van der Waals surface area (Å²) >= 11 is 0. The first-order valence-corrected chi connectivity index (χ1v) is 10.3. The number of imidazole rings is 2. The highest BCUT2D eigenvalue weighted by molar-refractivity contribution is 6.01. The Morgan fingerprint density at radius 1 is 0.867 bits per heavy atom. The molecule has 0 aliphatic heterocycles. The predicted molar refractivity (Wildman–Crippen MR) is 120 cm³/mol. The van der Waals surface area contributed by atoms with Crippen LogP contribution in [0, 0.1) is 6.92 Å². The summed E-state index contributed by atoms with van der Waals surface area (Å²) in [7, 11) is 2.13. The van der Waals surface area contributed by atoms with Gasteiger partial charge in [-0.1, -0.05) is 24.3 Å². The summed E-state index contributed by atoms with van der Waals surface area (Å²) in [5.74, 6) is 1.85. The van der Waals surface area contributed by atoms with Gasteiger partial charge in [0.25, 0.3) is 5.65 Å². The number of aryl methyl sites for hydroxylation is 2. The highest BCUT2D eigenvalue weighted by Crippen LogP contribution is 2.34. The lowest BCUT2D eigenvalue weighted by Gasteiger charge is -2.14. The smallest absolute Gasteiger partial charge is 0.312 e. The van der Waals surface area contributed by atoms with Gasteiger partial charge in [0.05, 0.1) is 35.1 Å². The summed E-state index contributed by atoms with van der Waals surface area (Å²) in [4.78, 5) is 5.04. The number of ether oxygens (including phenoxy) is 1. The zero-order valence-corrected chi connectivity index (χ0v) is 17.5. The summed E-state index contributed by atoms with van der Waals surface area (Å²) < 4.78 is 13.0. The van der Waals surface area contributed by atoms with Crippen molar-refractivity contribution >= 4 is 44.4 Å². The van der Waals surface area contributed by atoms with Gasteiger partial charge in [-0.05, 0) is 57.2 Å². The van der Waals surface area contributed by atoms with E-state index >= 15 is 0 Å². The maximum atomic E-state index is 6.15. The third-order valence-corrected chi connectivity index (χ3v) is 5.98. The number of hydrogen-bond donors (Lipinski definition) is 0. The van der Waals surface area contributed by atoms with E-state index in [9.17, 15) is 0 Å². The largest absolute Gasteiger partial charge is 0.491 e. The lowest BCUT2D eigenvalue weighted by molar-refractivity contribution is -0.617. The summed E-state index contributed by atoms with van der Waals surface area (Å²) in [5, 5.41) is 1.18. The normalized spacial score (nSPS) is 12.3. The summed E-state index contributed by atoms with van der Waals surface area (Å²) in [6.07, 6.45) is 0.120. The van der Waals surface area contributed by atoms with Crippen LogP contribution in [0.5, 0.6) is 5.75 Å². The molecule has 6 rings (SSSR count). The Bertz CT molecular complexity index is 1620. The fraction of sp³-hybridized carbons (Fsp3) is 0.200. The van der Waals surface area contributed by atoms with E-state index in [1.807, 2.05) is 6.07 Å². The van der Waals surface area contributed by atoms with Gasteiger partial charge in [-0.3, -0.25) is 4.40 Å². The van der Waals surface area contributed by atoms with Crippen molar-refractivity contribution in [3.8, 4) is 5.75 Å². The molecule has 0 N–H and O–H groups in total. The van der Waals surface area contributed by atoms with Crippen LogP contribution in [0.3, 0.4) is 0 Å². The van der Waals surface area contributed by atoms with Gasteiger partial charge < -0.3 is 4.74 Å². The molecule has 0 amide bonds. The molecule has 0 spiro atoms. The third-order valence-electron chi connectivity index (χ3n) is 5.98. The Labute approximate surface area is 173 Å². The van der Waals surface area contributed by atoms with Crippen LogP contribution in [0.1, 0.15) is 19.4 Å². The molecule has 3 aromatic carbocycles. The number of fused-ring (bicyclic) bond motifs is 10. The van der Waals surface area contributed by atoms with Crippen LogP contribution in [-0.2, 0) is 7.05 Å². The molecule has 0 aliphatic carbocycles. The zero-order chi connectivity index (χ0) is 20.6. The van der Waals surface area contributed by atoms with E-state index in [-0.39, 0.29) is 6.10 Å². The molecule has 148 valence electrons. The van der Waals surface area contributed by atoms with Gasteiger partial charge in [-0.2, -0.15) is 9.38 Å². The summed E-state index contributed by atoms with van der Waals surface area (Å²) in [6.45, 7) is 6.29. The van der Waals surface area contributed by atoms with Crippen molar-refractivity contribution in [2.75, 3.05) is 0 Å². The predicted octanol–water partition coefficient (Wildman–Crippen LogP) is 4.97. The Morgan fingerprint density at radius 2 is 1.60 bits per heavy atom. The molecule has 30 heavy (non-hydrogen) atoms. The van der Waals surface area contributed by atoms with Crippen molar-refractivity contribution < 1.29 is 9.30 Å². The number of benzene rings is 3. The van der Waals surface area contributed by atoms with Crippen LogP contribution in [0.25, 0.3) is 44.4 Å². The van der Waals surface area contributed by atoms with E-state index < -0.39 is 0 Å². The van der Waals surface area contributed by atoms with Gasteiger partial charge in [0.2, 0.25) is 0 Å². The maximum absolute atomic E-state index is 6.15. The molecular formula is C25H23N4O+. The number of aromatic nitrogens is 4. The Kier molecular flexibility index (Phi) is 3.43. The Hall–Kier alpha value is -3.60. The third kappa shape index (κ3) is 2.12. The number of rotatable bonds is 2. The molecule has 5 heteroatoms. The minimum atomic E-state index is 0.120. The van der Waals surface area contributed by atoms with E-state index in [0.717, 1.165) is 44.8 Å². The van der Waals surface area contributed by atoms with Crippen LogP contribution < -0.4 is 9.30 Å². The SMILES string of the molecule is Cc1c(OC(C)C)ccc2c1c1n(c3ccccc3[n+]1C)c1nc3ccccc3n21. The summed E-state index contributed by atoms with van der Waals surface area (Å²) in [5.41, 5.74) is 7.83. The highest BCUT2D eigenvalue weighted by Gasteiger charge is 2.27. The molecule has 0 saturated carbocycles. The van der Waals surface area contributed by atoms with Crippen molar-refractivity contribution in [3.63, 3.8) is 0 Å². The fourth-order valence-corrected chi connectivity index (χ4v) is 4.73. The Morgan fingerprint density at radius 3 is 2.40 bits per heavy atom. The van der Waals surface area contributed by atoms with Crippen LogP contribution in [-0.4, -0.2) is 19.9 Å². The number of nitrogens with zero attached hydrogens (tertiary/aromatic N) is 4. The average Bonchev–Trinajstić information content (AvgIpc) is 3.26. The molecule has 5 nitrogen and oxygen atoms in total. The van der Waals surface area contributed by atoms with E-state index in [1.165, 1.54) is 10.9 Å². The monoisotopic (exact) mass is 395 g/mol. The second kappa shape index (κ2) is 5.95. The van der Waals surface area contributed by atoms with Crippen LogP contribution in [0.2, 0.25) is 0 Å². The van der Waals surface area contributed by atoms with Crippen molar-refractivity contribution in [1.82, 2.24) is 13.8 Å². The molecule has 0 atom stereocenters. The van der Waals surface area contributed by atoms with Gasteiger partial charge in [0.1, 0.15) is 5.75 Å². The fourth-order valence-electron chi connectivity index (χ4n) is 4.73. The first kappa shape index (κ1) is 17.3. The van der Waals surface area contributed by atoms with Gasteiger partial charge in [0.15, 0.2) is 11.0 Å². The lowest BCUT2D eigenvalue weighted by Crippen LogP contribution is -2.28. The molecule has 0 unspecified atom stereocenters. The molecule has 0 saturated heterocycles. The quantitative estimate of drug-likeness (QED) is 0.388. The van der Waals surface area contributed by atoms with Crippen LogP contribution in [0.4, 0.5) is 0 Å². The van der Waals surface area contributed by atoms with Crippen molar-refractivity contribution in [1.29, 1.82) is 0 Å². The lowest BCUT2D eigenvalue weighted by atomic mass is 10.1. The van der Waals surface area contributed by atoms with Crippen LogP contribution in [0.15, 0.2) is 60.7 Å². The molecule has 3 heterocycles. The highest BCUT2D eigenvalue weighted by atomic mass is 16.5. The first-order valence-electron chi connectivity index (χ1n) is 10.3. The standard InChI is InChI=1S/C25H23N4O/c1-15(2)30-22-14-13-21-23(16(22)3)24-27(4)19-11-7-8-12-20(19)29(24)25-26-17-9-5-6-10-18(17)28(21)25/h5-15H,1-4H3/q+1. The van der Waals surface area contributed by atoms with Gasteiger partial charge in [0, 0.05) is 5.56 Å². The minimum absolute atomic E-state index is 0.120. The maximum Gasteiger partial charge on any atom is 0.312 e. The van der Waals surface area contributed by atoms with E-state index in [0.29, 0.717) is 0 Å². The van der Waals surface area contributed by atoms with E-state index in [1.54, 1.807) is 0 Å². The van der Waals surface area contributed by atoms with E-state index in [2.05, 4.69) is 95.8 Å². The molecule has 6 aromatic rings. The number of hydrogen-bond acceptors (Lipinski definition) is 2. The van der Waals surface area contributed by atoms with Gasteiger partial charge in [-0.15, -0.1) is 0 Å². The molecule has 3 aromatic heterocycles. The molecule has 0 radical (unpaired) electrons. The molecular weight excluding hydrogens is 372 g/mol. The van der Waals surface area contributed by atoms with Gasteiger partial charge >= 0.3 is 5.78 Å². The molecule has 0 bridgehead atoms. The zero-order valence-electron chi connectivity index (χ0n) is 17.5. The molecule has 0 aliphatic rings. The second-order valence-electron chi connectivity index (χ2n) is 8.19. The van der Waals surface area contributed by atoms with Gasteiger partial charge in [-0.25, -0.2) is 4.57 Å². The molecule has 0 fully saturated rings. The topological polar surface area (TPSA) is 34.8 Å². The summed E-state index contributed by atoms with van der Waals surface area (Å²) in [6, 6.07) is 21.1. The van der Waals surface area contributed by atoms with Crippen molar-refractivity contribution in [2.45, 2.75) is 26.9 Å².